The lowest BCUT2D eigenvalue weighted by Gasteiger charge is -2.35. The van der Waals surface area contributed by atoms with Crippen molar-refractivity contribution in [1.82, 2.24) is 5.32 Å². The maximum absolute atomic E-state index is 11.0. The molecule has 0 unspecified atom stereocenters. The highest BCUT2D eigenvalue weighted by Gasteiger charge is 2.28. The second-order valence-electron chi connectivity index (χ2n) is 7.01. The van der Waals surface area contributed by atoms with E-state index in [1.54, 1.807) is 0 Å². The van der Waals surface area contributed by atoms with E-state index in [1.807, 2.05) is 0 Å². The Balaban J connectivity index is 1.48. The summed E-state index contributed by atoms with van der Waals surface area (Å²) in [4.78, 5) is 11.0. The number of carbonyl (C=O) groups is 1. The van der Waals surface area contributed by atoms with E-state index in [9.17, 15) is 4.79 Å². The first-order valence-corrected chi connectivity index (χ1v) is 9.31. The van der Waals surface area contributed by atoms with E-state index in [4.69, 9.17) is 4.74 Å². The lowest BCUT2D eigenvalue weighted by atomic mass is 9.73. The van der Waals surface area contributed by atoms with E-state index >= 15 is 0 Å². The van der Waals surface area contributed by atoms with Crippen molar-refractivity contribution >= 4 is 5.91 Å². The van der Waals surface area contributed by atoms with Gasteiger partial charge in [0.15, 0.2) is 0 Å². The minimum Gasteiger partial charge on any atom is -0.378 e. The van der Waals surface area contributed by atoms with Crippen molar-refractivity contribution in [2.45, 2.75) is 76.7 Å². The molecule has 3 heteroatoms. The van der Waals surface area contributed by atoms with Gasteiger partial charge in [-0.15, -0.1) is 0 Å². The van der Waals surface area contributed by atoms with Crippen molar-refractivity contribution in [1.29, 1.82) is 0 Å². The van der Waals surface area contributed by atoms with Crippen LogP contribution in [0.2, 0.25) is 0 Å². The first kappa shape index (κ1) is 17.5. The van der Waals surface area contributed by atoms with E-state index in [1.165, 1.54) is 63.9 Å². The summed E-state index contributed by atoms with van der Waals surface area (Å²) in [7, 11) is 0. The molecule has 0 aliphatic heterocycles. The predicted molar refractivity (Wildman–Crippen MR) is 90.7 cm³/mol. The van der Waals surface area contributed by atoms with Crippen molar-refractivity contribution in [2.24, 2.45) is 11.8 Å². The molecule has 2 aliphatic carbocycles. The number of amides is 1. The molecule has 2 saturated carbocycles. The Morgan fingerprint density at radius 1 is 1.00 bits per heavy atom. The van der Waals surface area contributed by atoms with Gasteiger partial charge in [-0.3, -0.25) is 4.79 Å². The fourth-order valence-corrected chi connectivity index (χ4v) is 4.09. The van der Waals surface area contributed by atoms with Crippen LogP contribution in [0.4, 0.5) is 0 Å². The van der Waals surface area contributed by atoms with Crippen molar-refractivity contribution < 1.29 is 9.53 Å². The van der Waals surface area contributed by atoms with E-state index in [-0.39, 0.29) is 5.91 Å². The van der Waals surface area contributed by atoms with E-state index in [0.717, 1.165) is 37.8 Å². The number of hydrogen-bond acceptors (Lipinski definition) is 2. The molecule has 0 saturated heterocycles. The van der Waals surface area contributed by atoms with Crippen LogP contribution in [0.1, 0.15) is 70.6 Å². The molecule has 0 heterocycles. The summed E-state index contributed by atoms with van der Waals surface area (Å²) in [5, 5.41) is 2.80. The van der Waals surface area contributed by atoms with Crippen LogP contribution in [0.5, 0.6) is 0 Å². The van der Waals surface area contributed by atoms with Crippen molar-refractivity contribution in [3.63, 3.8) is 0 Å². The van der Waals surface area contributed by atoms with Crippen molar-refractivity contribution in [2.75, 3.05) is 13.2 Å². The monoisotopic (exact) mass is 307 g/mol. The normalized spacial score (nSPS) is 26.5. The zero-order valence-corrected chi connectivity index (χ0v) is 14.0. The maximum Gasteiger partial charge on any atom is 0.243 e. The zero-order valence-electron chi connectivity index (χ0n) is 14.0. The standard InChI is InChI=1S/C19H33NO2/c1-2-19(21)20-14-6-7-15-22-18-12-10-17(11-13-18)16-8-4-3-5-9-16/h2,16-18H,1,3-15H2,(H,20,21). The molecule has 2 rings (SSSR count). The summed E-state index contributed by atoms with van der Waals surface area (Å²) in [6, 6.07) is 0. The number of nitrogens with one attached hydrogen (secondary N) is 1. The van der Waals surface area contributed by atoms with Gasteiger partial charge in [0.25, 0.3) is 0 Å². The molecule has 1 amide bonds. The van der Waals surface area contributed by atoms with E-state index in [2.05, 4.69) is 11.9 Å². The van der Waals surface area contributed by atoms with Gasteiger partial charge in [0.05, 0.1) is 6.10 Å². The zero-order chi connectivity index (χ0) is 15.6. The van der Waals surface area contributed by atoms with Crippen LogP contribution in [0.15, 0.2) is 12.7 Å². The number of hydrogen-bond donors (Lipinski definition) is 1. The van der Waals surface area contributed by atoms with Crippen LogP contribution in [-0.4, -0.2) is 25.2 Å². The van der Waals surface area contributed by atoms with Crippen LogP contribution in [0.25, 0.3) is 0 Å². The second-order valence-corrected chi connectivity index (χ2v) is 7.01. The molecule has 0 bridgehead atoms. The molecule has 2 aliphatic rings. The Hall–Kier alpha value is -0.830. The van der Waals surface area contributed by atoms with Crippen LogP contribution < -0.4 is 5.32 Å². The molecular weight excluding hydrogens is 274 g/mol. The molecule has 2 fully saturated rings. The molecule has 22 heavy (non-hydrogen) atoms. The summed E-state index contributed by atoms with van der Waals surface area (Å²) in [6.45, 7) is 5.00. The van der Waals surface area contributed by atoms with Gasteiger partial charge in [-0.2, -0.15) is 0 Å². The fourth-order valence-electron chi connectivity index (χ4n) is 4.09. The number of ether oxygens (including phenoxy) is 1. The van der Waals surface area contributed by atoms with E-state index in [0.29, 0.717) is 6.10 Å². The molecule has 0 spiro atoms. The average Bonchev–Trinajstić information content (AvgIpc) is 2.59. The molecular formula is C19H33NO2. The van der Waals surface area contributed by atoms with Gasteiger partial charge in [-0.1, -0.05) is 38.7 Å². The molecule has 0 aromatic carbocycles. The van der Waals surface area contributed by atoms with Gasteiger partial charge in [0.2, 0.25) is 5.91 Å². The smallest absolute Gasteiger partial charge is 0.243 e. The molecule has 0 radical (unpaired) electrons. The van der Waals surface area contributed by atoms with Crippen molar-refractivity contribution in [3.8, 4) is 0 Å². The molecule has 0 aromatic heterocycles. The largest absolute Gasteiger partial charge is 0.378 e. The summed E-state index contributed by atoms with van der Waals surface area (Å²) in [6.07, 6.45) is 16.4. The fraction of sp³-hybridized carbons (Fsp3) is 0.842. The van der Waals surface area contributed by atoms with Crippen LogP contribution in [-0.2, 0) is 9.53 Å². The Morgan fingerprint density at radius 3 is 2.36 bits per heavy atom. The quantitative estimate of drug-likeness (QED) is 0.538. The van der Waals surface area contributed by atoms with Gasteiger partial charge in [0, 0.05) is 13.2 Å². The molecule has 0 atom stereocenters. The minimum atomic E-state index is -0.0815. The minimum absolute atomic E-state index is 0.0815. The van der Waals surface area contributed by atoms with Crippen LogP contribution >= 0.6 is 0 Å². The maximum atomic E-state index is 11.0. The lowest BCUT2D eigenvalue weighted by Crippen LogP contribution is -2.27. The topological polar surface area (TPSA) is 38.3 Å². The number of unbranched alkanes of at least 4 members (excludes halogenated alkanes) is 1. The summed E-state index contributed by atoms with van der Waals surface area (Å²) < 4.78 is 6.02. The summed E-state index contributed by atoms with van der Waals surface area (Å²) >= 11 is 0. The third-order valence-corrected chi connectivity index (χ3v) is 5.44. The number of rotatable bonds is 8. The van der Waals surface area contributed by atoms with Crippen LogP contribution in [0.3, 0.4) is 0 Å². The van der Waals surface area contributed by atoms with Gasteiger partial charge < -0.3 is 10.1 Å². The van der Waals surface area contributed by atoms with Gasteiger partial charge in [-0.25, -0.2) is 0 Å². The summed E-state index contributed by atoms with van der Waals surface area (Å²) in [5.74, 6) is 1.92. The van der Waals surface area contributed by atoms with Crippen molar-refractivity contribution in [3.05, 3.63) is 12.7 Å². The molecule has 3 nitrogen and oxygen atoms in total. The van der Waals surface area contributed by atoms with Gasteiger partial charge in [0.1, 0.15) is 0 Å². The van der Waals surface area contributed by atoms with E-state index < -0.39 is 0 Å². The van der Waals surface area contributed by atoms with Gasteiger partial charge >= 0.3 is 0 Å². The first-order chi connectivity index (χ1) is 10.8. The Kier molecular flexibility index (Phi) is 8.00. The average molecular weight is 307 g/mol. The number of carbonyl (C=O) groups excluding carboxylic acids is 1. The molecule has 0 aromatic rings. The third-order valence-electron chi connectivity index (χ3n) is 5.44. The highest BCUT2D eigenvalue weighted by Crippen LogP contribution is 2.38. The molecule has 126 valence electrons. The lowest BCUT2D eigenvalue weighted by molar-refractivity contribution is -0.116. The second kappa shape index (κ2) is 10.0. The highest BCUT2D eigenvalue weighted by atomic mass is 16.5. The highest BCUT2D eigenvalue weighted by molar-refractivity contribution is 5.86. The SMILES string of the molecule is C=CC(=O)NCCCCOC1CCC(C2CCCCC2)CC1. The Bertz CT molecular complexity index is 328. The van der Waals surface area contributed by atoms with Crippen LogP contribution in [0, 0.1) is 11.8 Å². The van der Waals surface area contributed by atoms with Gasteiger partial charge in [-0.05, 0) is 56.4 Å². The predicted octanol–water partition coefficient (Wildman–Crippen LogP) is 4.22. The first-order valence-electron chi connectivity index (χ1n) is 9.31. The Labute approximate surface area is 135 Å². The molecule has 1 N–H and O–H groups in total. The summed E-state index contributed by atoms with van der Waals surface area (Å²) in [5.41, 5.74) is 0. The Morgan fingerprint density at radius 2 is 1.68 bits per heavy atom. The third kappa shape index (κ3) is 6.12.